The number of rotatable bonds is 3. The topological polar surface area (TPSA) is 45.0 Å². The van der Waals surface area contributed by atoms with Crippen molar-refractivity contribution in [2.75, 3.05) is 18.5 Å². The second-order valence-electron chi connectivity index (χ2n) is 4.41. The van der Waals surface area contributed by atoms with Crippen molar-refractivity contribution >= 4 is 21.6 Å². The molecule has 0 amide bonds. The Kier molecular flexibility index (Phi) is 4.20. The minimum atomic E-state index is -0.416. The van der Waals surface area contributed by atoms with Gasteiger partial charge in [0.15, 0.2) is 5.82 Å². The van der Waals surface area contributed by atoms with Gasteiger partial charge >= 0.3 is 0 Å². The molecule has 2 atom stereocenters. The number of hydrogen-bond acceptors (Lipinski definition) is 3. The lowest BCUT2D eigenvalue weighted by molar-refractivity contribution is 0.108. The first-order chi connectivity index (χ1) is 8.63. The van der Waals surface area contributed by atoms with Crippen molar-refractivity contribution < 1.29 is 9.13 Å². The Labute approximate surface area is 114 Å². The van der Waals surface area contributed by atoms with E-state index >= 15 is 0 Å². The first kappa shape index (κ1) is 13.3. The highest BCUT2D eigenvalue weighted by molar-refractivity contribution is 9.10. The number of nitriles is 1. The fourth-order valence-corrected chi connectivity index (χ4v) is 2.49. The van der Waals surface area contributed by atoms with Gasteiger partial charge in [-0.15, -0.1) is 0 Å². The van der Waals surface area contributed by atoms with E-state index in [1.165, 1.54) is 0 Å². The van der Waals surface area contributed by atoms with Crippen LogP contribution in [0.15, 0.2) is 16.6 Å². The van der Waals surface area contributed by atoms with Gasteiger partial charge in [-0.05, 0) is 41.4 Å². The summed E-state index contributed by atoms with van der Waals surface area (Å²) in [6.45, 7) is 3.48. The predicted octanol–water partition coefficient (Wildman–Crippen LogP) is 3.30. The molecule has 5 heteroatoms. The van der Waals surface area contributed by atoms with E-state index in [0.717, 1.165) is 13.0 Å². The number of hydrogen-bond donors (Lipinski definition) is 1. The Morgan fingerprint density at radius 2 is 2.39 bits per heavy atom. The number of nitrogens with one attached hydrogen (secondary N) is 1. The van der Waals surface area contributed by atoms with E-state index in [0.29, 0.717) is 23.7 Å². The summed E-state index contributed by atoms with van der Waals surface area (Å²) in [5.74, 6) is -0.0144. The number of nitrogens with zero attached hydrogens (tertiary/aromatic N) is 1. The molecule has 96 valence electrons. The highest BCUT2D eigenvalue weighted by Gasteiger charge is 2.24. The van der Waals surface area contributed by atoms with Gasteiger partial charge in [-0.1, -0.05) is 0 Å². The van der Waals surface area contributed by atoms with Crippen molar-refractivity contribution in [3.8, 4) is 6.07 Å². The van der Waals surface area contributed by atoms with Crippen molar-refractivity contribution in [3.05, 3.63) is 28.0 Å². The molecule has 18 heavy (non-hydrogen) atoms. The average molecular weight is 313 g/mol. The fourth-order valence-electron chi connectivity index (χ4n) is 2.06. The highest BCUT2D eigenvalue weighted by Crippen LogP contribution is 2.28. The Bertz CT molecular complexity index is 487. The van der Waals surface area contributed by atoms with E-state index in [1.807, 2.05) is 13.0 Å². The second kappa shape index (κ2) is 5.68. The molecule has 0 aliphatic carbocycles. The molecule has 2 unspecified atom stereocenters. The molecular formula is C13H14BrFN2O. The standard InChI is InChI=1S/C13H14BrFN2O/c1-8-10(4-5-18-8)7-17-11-3-2-9(6-16)12(14)13(11)15/h2-3,8,10,17H,4-5,7H2,1H3. The zero-order valence-electron chi connectivity index (χ0n) is 10.0. The number of ether oxygens (including phenoxy) is 1. The molecular weight excluding hydrogens is 299 g/mol. The van der Waals surface area contributed by atoms with Crippen molar-refractivity contribution in [1.29, 1.82) is 5.26 Å². The molecule has 1 aromatic carbocycles. The minimum Gasteiger partial charge on any atom is -0.382 e. The molecule has 0 bridgehead atoms. The largest absolute Gasteiger partial charge is 0.382 e. The summed E-state index contributed by atoms with van der Waals surface area (Å²) in [5.41, 5.74) is 0.718. The van der Waals surface area contributed by atoms with E-state index < -0.39 is 5.82 Å². The molecule has 1 aliphatic rings. The smallest absolute Gasteiger partial charge is 0.161 e. The van der Waals surface area contributed by atoms with E-state index in [9.17, 15) is 4.39 Å². The Hall–Kier alpha value is -1.12. The minimum absolute atomic E-state index is 0.211. The zero-order valence-corrected chi connectivity index (χ0v) is 11.6. The third kappa shape index (κ3) is 2.65. The fraction of sp³-hybridized carbons (Fsp3) is 0.462. The van der Waals surface area contributed by atoms with Gasteiger partial charge in [0.2, 0.25) is 0 Å². The SMILES string of the molecule is CC1OCCC1CNc1ccc(C#N)c(Br)c1F. The van der Waals surface area contributed by atoms with Gasteiger partial charge in [0.25, 0.3) is 0 Å². The van der Waals surface area contributed by atoms with Crippen LogP contribution in [0.3, 0.4) is 0 Å². The predicted molar refractivity (Wildman–Crippen MR) is 70.8 cm³/mol. The summed E-state index contributed by atoms with van der Waals surface area (Å²) >= 11 is 3.09. The maximum Gasteiger partial charge on any atom is 0.161 e. The molecule has 1 heterocycles. The Morgan fingerprint density at radius 1 is 1.61 bits per heavy atom. The lowest BCUT2D eigenvalue weighted by Crippen LogP contribution is -2.21. The monoisotopic (exact) mass is 312 g/mol. The van der Waals surface area contributed by atoms with Crippen LogP contribution in [0.1, 0.15) is 18.9 Å². The van der Waals surface area contributed by atoms with E-state index in [2.05, 4.69) is 21.2 Å². The summed E-state index contributed by atoms with van der Waals surface area (Å²) in [6, 6.07) is 5.13. The molecule has 1 aromatic rings. The van der Waals surface area contributed by atoms with Gasteiger partial charge in [0.05, 0.1) is 21.8 Å². The Balaban J connectivity index is 2.06. The second-order valence-corrected chi connectivity index (χ2v) is 5.20. The van der Waals surface area contributed by atoms with Crippen LogP contribution >= 0.6 is 15.9 Å². The van der Waals surface area contributed by atoms with E-state index in [-0.39, 0.29) is 10.6 Å². The quantitative estimate of drug-likeness (QED) is 0.931. The van der Waals surface area contributed by atoms with Crippen LogP contribution in [0.4, 0.5) is 10.1 Å². The average Bonchev–Trinajstić information content (AvgIpc) is 2.77. The zero-order chi connectivity index (χ0) is 13.1. The maximum atomic E-state index is 13.9. The van der Waals surface area contributed by atoms with Crippen molar-refractivity contribution in [2.45, 2.75) is 19.4 Å². The van der Waals surface area contributed by atoms with Crippen LogP contribution in [0, 0.1) is 23.1 Å². The van der Waals surface area contributed by atoms with Crippen LogP contribution in [-0.4, -0.2) is 19.3 Å². The molecule has 0 spiro atoms. The van der Waals surface area contributed by atoms with E-state index in [4.69, 9.17) is 10.00 Å². The van der Waals surface area contributed by atoms with Crippen LogP contribution < -0.4 is 5.32 Å². The summed E-state index contributed by atoms with van der Waals surface area (Å²) in [6.07, 6.45) is 1.20. The van der Waals surface area contributed by atoms with Crippen molar-refractivity contribution in [2.24, 2.45) is 5.92 Å². The normalized spacial score (nSPS) is 22.8. The molecule has 3 nitrogen and oxygen atoms in total. The summed E-state index contributed by atoms with van der Waals surface area (Å²) < 4.78 is 19.6. The summed E-state index contributed by atoms with van der Waals surface area (Å²) in [4.78, 5) is 0. The van der Waals surface area contributed by atoms with Crippen molar-refractivity contribution in [3.63, 3.8) is 0 Å². The van der Waals surface area contributed by atoms with E-state index in [1.54, 1.807) is 12.1 Å². The van der Waals surface area contributed by atoms with Crippen LogP contribution in [0.25, 0.3) is 0 Å². The molecule has 1 aliphatic heterocycles. The molecule has 1 fully saturated rings. The molecule has 0 saturated carbocycles. The lowest BCUT2D eigenvalue weighted by Gasteiger charge is -2.16. The highest BCUT2D eigenvalue weighted by atomic mass is 79.9. The van der Waals surface area contributed by atoms with Gasteiger partial charge in [0.1, 0.15) is 6.07 Å². The van der Waals surface area contributed by atoms with Gasteiger partial charge < -0.3 is 10.1 Å². The van der Waals surface area contributed by atoms with Crippen molar-refractivity contribution in [1.82, 2.24) is 0 Å². The number of halogens is 2. The Morgan fingerprint density at radius 3 is 3.00 bits per heavy atom. The van der Waals surface area contributed by atoms with Gasteiger partial charge in [-0.25, -0.2) is 4.39 Å². The molecule has 1 saturated heterocycles. The third-order valence-corrected chi connectivity index (χ3v) is 4.07. The first-order valence-corrected chi connectivity index (χ1v) is 6.66. The third-order valence-electron chi connectivity index (χ3n) is 3.29. The summed E-state index contributed by atoms with van der Waals surface area (Å²) in [7, 11) is 0. The van der Waals surface area contributed by atoms with Crippen LogP contribution in [0.2, 0.25) is 0 Å². The lowest BCUT2D eigenvalue weighted by atomic mass is 10.0. The maximum absolute atomic E-state index is 13.9. The van der Waals surface area contributed by atoms with Gasteiger partial charge in [-0.3, -0.25) is 0 Å². The van der Waals surface area contributed by atoms with Crippen LogP contribution in [0.5, 0.6) is 0 Å². The number of benzene rings is 1. The molecule has 0 radical (unpaired) electrons. The molecule has 2 rings (SSSR count). The van der Waals surface area contributed by atoms with Gasteiger partial charge in [0, 0.05) is 19.1 Å². The first-order valence-electron chi connectivity index (χ1n) is 5.87. The van der Waals surface area contributed by atoms with Crippen LogP contribution in [-0.2, 0) is 4.74 Å². The van der Waals surface area contributed by atoms with Gasteiger partial charge in [-0.2, -0.15) is 5.26 Å². The molecule has 0 aromatic heterocycles. The summed E-state index contributed by atoms with van der Waals surface area (Å²) in [5, 5.41) is 11.9. The molecule has 1 N–H and O–H groups in total. The number of anilines is 1.